The molecule has 0 aliphatic heterocycles. The molecule has 0 aromatic heterocycles. The van der Waals surface area contributed by atoms with Crippen molar-refractivity contribution >= 4 is 39.5 Å². The number of unbranched alkanes of at least 4 members (excludes halogenated alkanes) is 36. The molecule has 91 heavy (non-hydrogen) atoms. The van der Waals surface area contributed by atoms with Crippen LogP contribution in [0, 0.1) is 17.8 Å². The van der Waals surface area contributed by atoms with E-state index >= 15 is 0 Å². The molecule has 4 unspecified atom stereocenters. The van der Waals surface area contributed by atoms with Crippen molar-refractivity contribution in [2.45, 2.75) is 381 Å². The van der Waals surface area contributed by atoms with Crippen LogP contribution in [0.25, 0.3) is 0 Å². The second-order valence-corrected chi connectivity index (χ2v) is 29.8. The fourth-order valence-corrected chi connectivity index (χ4v) is 12.4. The maximum atomic E-state index is 13.0. The lowest BCUT2D eigenvalue weighted by Gasteiger charge is -2.21. The first-order valence-corrected chi connectivity index (χ1v) is 40.4. The zero-order valence-electron chi connectivity index (χ0n) is 59.3. The molecule has 19 heteroatoms. The van der Waals surface area contributed by atoms with E-state index < -0.39 is 97.5 Å². The van der Waals surface area contributed by atoms with E-state index in [1.54, 1.807) is 0 Å². The topological polar surface area (TPSA) is 237 Å². The standard InChI is InChI=1S/C72H140O17P2/c1-8-11-12-36-46-53-69(74)82-59-67(88-72(77)56-49-42-35-29-28-32-39-45-52-65(7)10-3)61-86-90(78,79)84-57-66(73)58-85-91(80,81)87-62-68(60-83-70(75)54-47-40-33-27-23-24-30-37-43-50-63(4)5)89-71(76)55-48-41-34-26-22-20-18-16-14-13-15-17-19-21-25-31-38-44-51-64(6)9-2/h63-68,73H,8-62H2,1-7H3,(H,78,79)(H,80,81)/t64?,65?,66-,67+,68+/m0/s1. The summed E-state index contributed by atoms with van der Waals surface area (Å²) < 4.78 is 68.1. The second-order valence-electron chi connectivity index (χ2n) is 26.9. The summed E-state index contributed by atoms with van der Waals surface area (Å²) in [6.07, 6.45) is 47.6. The molecule has 0 radical (unpaired) electrons. The Labute approximate surface area is 556 Å². The summed E-state index contributed by atoms with van der Waals surface area (Å²) in [6.45, 7) is 11.8. The first-order chi connectivity index (χ1) is 43.8. The highest BCUT2D eigenvalue weighted by Gasteiger charge is 2.30. The van der Waals surface area contributed by atoms with Crippen LogP contribution in [-0.4, -0.2) is 96.7 Å². The molecular weight excluding hydrogens is 1200 g/mol. The van der Waals surface area contributed by atoms with Crippen LogP contribution < -0.4 is 0 Å². The van der Waals surface area contributed by atoms with Crippen LogP contribution in [-0.2, 0) is 65.4 Å². The van der Waals surface area contributed by atoms with Crippen LogP contribution in [0.5, 0.6) is 0 Å². The van der Waals surface area contributed by atoms with Crippen molar-refractivity contribution in [2.24, 2.45) is 17.8 Å². The largest absolute Gasteiger partial charge is 0.472 e. The lowest BCUT2D eigenvalue weighted by atomic mass is 9.99. The highest BCUT2D eigenvalue weighted by atomic mass is 31.2. The van der Waals surface area contributed by atoms with Crippen LogP contribution >= 0.6 is 15.6 Å². The van der Waals surface area contributed by atoms with Crippen molar-refractivity contribution in [3.05, 3.63) is 0 Å². The van der Waals surface area contributed by atoms with Crippen LogP contribution in [0.3, 0.4) is 0 Å². The van der Waals surface area contributed by atoms with Gasteiger partial charge in [-0.2, -0.15) is 0 Å². The monoisotopic (exact) mass is 1340 g/mol. The number of aliphatic hydroxyl groups excluding tert-OH is 1. The quantitative estimate of drug-likeness (QED) is 0.0222. The number of ether oxygens (including phenoxy) is 4. The summed E-state index contributed by atoms with van der Waals surface area (Å²) in [5.41, 5.74) is 0. The first kappa shape index (κ1) is 89.1. The predicted octanol–water partition coefficient (Wildman–Crippen LogP) is 20.6. The number of hydrogen-bond acceptors (Lipinski definition) is 15. The van der Waals surface area contributed by atoms with Crippen molar-refractivity contribution in [2.75, 3.05) is 39.6 Å². The zero-order chi connectivity index (χ0) is 67.3. The number of phosphoric ester groups is 2. The minimum atomic E-state index is -4.95. The number of esters is 4. The summed E-state index contributed by atoms with van der Waals surface area (Å²) in [4.78, 5) is 72.3. The highest BCUT2D eigenvalue weighted by molar-refractivity contribution is 7.47. The third-order valence-corrected chi connectivity index (χ3v) is 19.3. The molecule has 7 atom stereocenters. The van der Waals surface area contributed by atoms with E-state index in [-0.39, 0.29) is 25.7 Å². The van der Waals surface area contributed by atoms with Gasteiger partial charge in [0, 0.05) is 25.7 Å². The van der Waals surface area contributed by atoms with Gasteiger partial charge in [0.15, 0.2) is 12.2 Å². The minimum Gasteiger partial charge on any atom is -0.462 e. The third-order valence-electron chi connectivity index (χ3n) is 17.4. The van der Waals surface area contributed by atoms with Gasteiger partial charge in [-0.15, -0.1) is 0 Å². The number of carbonyl (C=O) groups excluding carboxylic acids is 4. The highest BCUT2D eigenvalue weighted by Crippen LogP contribution is 2.45. The van der Waals surface area contributed by atoms with Crippen molar-refractivity contribution in [3.63, 3.8) is 0 Å². The summed E-state index contributed by atoms with van der Waals surface area (Å²) in [6, 6.07) is 0. The van der Waals surface area contributed by atoms with Crippen LogP contribution in [0.1, 0.15) is 363 Å². The number of rotatable bonds is 70. The average molecular weight is 1340 g/mol. The Hall–Kier alpha value is -1.94. The Morgan fingerprint density at radius 2 is 0.560 bits per heavy atom. The molecule has 0 saturated heterocycles. The summed E-state index contributed by atoms with van der Waals surface area (Å²) in [5.74, 6) is 0.247. The van der Waals surface area contributed by atoms with E-state index in [2.05, 4.69) is 48.5 Å². The van der Waals surface area contributed by atoms with E-state index in [9.17, 15) is 43.2 Å². The van der Waals surface area contributed by atoms with Crippen LogP contribution in [0.15, 0.2) is 0 Å². The molecule has 0 aliphatic carbocycles. The van der Waals surface area contributed by atoms with Crippen molar-refractivity contribution in [3.8, 4) is 0 Å². The van der Waals surface area contributed by atoms with Crippen molar-refractivity contribution in [1.29, 1.82) is 0 Å². The number of phosphoric acid groups is 2. The third kappa shape index (κ3) is 63.9. The molecule has 540 valence electrons. The number of hydrogen-bond donors (Lipinski definition) is 3. The molecule has 0 aliphatic rings. The Kier molecular flexibility index (Phi) is 61.5. The lowest BCUT2D eigenvalue weighted by molar-refractivity contribution is -0.161. The predicted molar refractivity (Wildman–Crippen MR) is 368 cm³/mol. The minimum absolute atomic E-state index is 0.104. The molecule has 0 heterocycles. The average Bonchev–Trinajstić information content (AvgIpc) is 3.70. The Balaban J connectivity index is 5.10. The van der Waals surface area contributed by atoms with E-state index in [1.807, 2.05) is 0 Å². The molecule has 0 fully saturated rings. The van der Waals surface area contributed by atoms with Crippen LogP contribution in [0.4, 0.5) is 0 Å². The van der Waals surface area contributed by atoms with E-state index in [0.29, 0.717) is 25.7 Å². The van der Waals surface area contributed by atoms with Crippen molar-refractivity contribution in [1.82, 2.24) is 0 Å². The molecule has 0 aromatic carbocycles. The smallest absolute Gasteiger partial charge is 0.462 e. The molecule has 0 rings (SSSR count). The van der Waals surface area contributed by atoms with Gasteiger partial charge >= 0.3 is 39.5 Å². The van der Waals surface area contributed by atoms with Gasteiger partial charge in [0.2, 0.25) is 0 Å². The maximum absolute atomic E-state index is 13.0. The second kappa shape index (κ2) is 62.8. The van der Waals surface area contributed by atoms with Crippen molar-refractivity contribution < 1.29 is 80.2 Å². The molecular formula is C72H140O17P2. The summed E-state index contributed by atoms with van der Waals surface area (Å²) in [7, 11) is -9.89. The van der Waals surface area contributed by atoms with Gasteiger partial charge in [-0.25, -0.2) is 9.13 Å². The molecule has 3 N–H and O–H groups in total. The van der Waals surface area contributed by atoms with Gasteiger partial charge in [-0.3, -0.25) is 37.3 Å². The first-order valence-electron chi connectivity index (χ1n) is 37.4. The van der Waals surface area contributed by atoms with Gasteiger partial charge < -0.3 is 33.8 Å². The zero-order valence-corrected chi connectivity index (χ0v) is 61.1. The fourth-order valence-electron chi connectivity index (χ4n) is 10.8. The molecule has 0 spiro atoms. The summed E-state index contributed by atoms with van der Waals surface area (Å²) in [5, 5.41) is 10.6. The number of carbonyl (C=O) groups is 4. The summed E-state index contributed by atoms with van der Waals surface area (Å²) >= 11 is 0. The normalized spacial score (nSPS) is 14.8. The van der Waals surface area contributed by atoms with Gasteiger partial charge in [0.05, 0.1) is 26.4 Å². The molecule has 0 bridgehead atoms. The van der Waals surface area contributed by atoms with E-state index in [4.69, 9.17) is 37.0 Å². The number of aliphatic hydroxyl groups is 1. The van der Waals surface area contributed by atoms with Gasteiger partial charge in [0.25, 0.3) is 0 Å². The Morgan fingerprint density at radius 1 is 0.319 bits per heavy atom. The van der Waals surface area contributed by atoms with Crippen LogP contribution in [0.2, 0.25) is 0 Å². The van der Waals surface area contributed by atoms with E-state index in [1.165, 1.54) is 167 Å². The molecule has 0 amide bonds. The van der Waals surface area contributed by atoms with Gasteiger partial charge in [-0.05, 0) is 43.4 Å². The Bertz CT molecular complexity index is 1790. The lowest BCUT2D eigenvalue weighted by Crippen LogP contribution is -2.30. The molecule has 0 aromatic rings. The van der Waals surface area contributed by atoms with Gasteiger partial charge in [0.1, 0.15) is 19.3 Å². The fraction of sp³-hybridized carbons (Fsp3) is 0.944. The maximum Gasteiger partial charge on any atom is 0.472 e. The molecule has 0 saturated carbocycles. The van der Waals surface area contributed by atoms with E-state index in [0.717, 1.165) is 114 Å². The molecule has 17 nitrogen and oxygen atoms in total. The Morgan fingerprint density at radius 3 is 0.835 bits per heavy atom. The SMILES string of the molecule is CCCCCCCC(=O)OC[C@H](COP(=O)(O)OC[C@H](O)COP(=O)(O)OC[C@@H](COC(=O)CCCCCCCCCCCC(C)C)OC(=O)CCCCCCCCCCCCCCCCCCCCC(C)CC)OC(=O)CCCCCCCCCCC(C)CC. The van der Waals surface area contributed by atoms with Gasteiger partial charge in [-0.1, -0.05) is 312 Å².